The van der Waals surface area contributed by atoms with Gasteiger partial charge in [-0.3, -0.25) is 0 Å². The second-order valence-corrected chi connectivity index (χ2v) is 6.82. The standard InChI is InChI=1S/C15H32N2O/c1-12(2)15(5,18)11-17-8-6-7-14(10-17)9-16-13(3)4/h12-14,16,18H,6-11H2,1-5H3. The van der Waals surface area contributed by atoms with Gasteiger partial charge in [0, 0.05) is 19.1 Å². The highest BCUT2D eigenvalue weighted by Crippen LogP contribution is 2.22. The maximum absolute atomic E-state index is 10.4. The molecule has 0 bridgehead atoms. The Morgan fingerprint density at radius 1 is 1.33 bits per heavy atom. The minimum atomic E-state index is -0.562. The summed E-state index contributed by atoms with van der Waals surface area (Å²) >= 11 is 0. The minimum absolute atomic E-state index is 0.312. The van der Waals surface area contributed by atoms with Crippen LogP contribution in [-0.4, -0.2) is 47.8 Å². The van der Waals surface area contributed by atoms with Crippen molar-refractivity contribution in [2.75, 3.05) is 26.2 Å². The summed E-state index contributed by atoms with van der Waals surface area (Å²) in [5.74, 6) is 1.05. The van der Waals surface area contributed by atoms with Gasteiger partial charge in [0.1, 0.15) is 0 Å². The second kappa shape index (κ2) is 6.88. The van der Waals surface area contributed by atoms with Crippen LogP contribution in [0.5, 0.6) is 0 Å². The number of aliphatic hydroxyl groups is 1. The Morgan fingerprint density at radius 2 is 2.00 bits per heavy atom. The molecule has 108 valence electrons. The summed E-state index contributed by atoms with van der Waals surface area (Å²) in [6.45, 7) is 14.7. The van der Waals surface area contributed by atoms with Crippen molar-refractivity contribution in [3.8, 4) is 0 Å². The number of nitrogens with one attached hydrogen (secondary N) is 1. The van der Waals surface area contributed by atoms with Crippen LogP contribution in [0.1, 0.15) is 47.5 Å². The maximum Gasteiger partial charge on any atom is 0.0768 e. The number of piperidine rings is 1. The topological polar surface area (TPSA) is 35.5 Å². The van der Waals surface area contributed by atoms with E-state index in [1.54, 1.807) is 0 Å². The number of rotatable bonds is 6. The monoisotopic (exact) mass is 256 g/mol. The van der Waals surface area contributed by atoms with Gasteiger partial charge in [-0.15, -0.1) is 0 Å². The van der Waals surface area contributed by atoms with Gasteiger partial charge in [0.2, 0.25) is 0 Å². The lowest BCUT2D eigenvalue weighted by atomic mass is 9.90. The minimum Gasteiger partial charge on any atom is -0.389 e. The van der Waals surface area contributed by atoms with E-state index in [0.717, 1.165) is 32.1 Å². The van der Waals surface area contributed by atoms with Gasteiger partial charge >= 0.3 is 0 Å². The van der Waals surface area contributed by atoms with E-state index in [1.165, 1.54) is 12.8 Å². The van der Waals surface area contributed by atoms with Gasteiger partial charge in [-0.2, -0.15) is 0 Å². The summed E-state index contributed by atoms with van der Waals surface area (Å²) in [7, 11) is 0. The molecule has 1 heterocycles. The molecule has 2 N–H and O–H groups in total. The van der Waals surface area contributed by atoms with Crippen LogP contribution in [0.3, 0.4) is 0 Å². The largest absolute Gasteiger partial charge is 0.389 e. The van der Waals surface area contributed by atoms with Crippen LogP contribution in [0.4, 0.5) is 0 Å². The highest BCUT2D eigenvalue weighted by Gasteiger charge is 2.30. The molecule has 3 heteroatoms. The zero-order valence-corrected chi connectivity index (χ0v) is 12.9. The highest BCUT2D eigenvalue weighted by molar-refractivity contribution is 4.84. The predicted molar refractivity (Wildman–Crippen MR) is 77.8 cm³/mol. The van der Waals surface area contributed by atoms with E-state index < -0.39 is 5.60 Å². The lowest BCUT2D eigenvalue weighted by Gasteiger charge is -2.39. The number of hydrogen-bond acceptors (Lipinski definition) is 3. The van der Waals surface area contributed by atoms with Gasteiger partial charge in [0.25, 0.3) is 0 Å². The molecule has 0 saturated carbocycles. The normalized spacial score (nSPS) is 25.7. The molecule has 1 saturated heterocycles. The summed E-state index contributed by atoms with van der Waals surface area (Å²) in [5, 5.41) is 13.9. The van der Waals surface area contributed by atoms with Crippen LogP contribution >= 0.6 is 0 Å². The quantitative estimate of drug-likeness (QED) is 0.764. The third kappa shape index (κ3) is 5.25. The predicted octanol–water partition coefficient (Wildman–Crippen LogP) is 2.10. The SMILES string of the molecule is CC(C)NCC1CCCN(CC(C)(O)C(C)C)C1. The average Bonchev–Trinajstić information content (AvgIpc) is 2.26. The van der Waals surface area contributed by atoms with Crippen molar-refractivity contribution in [3.05, 3.63) is 0 Å². The van der Waals surface area contributed by atoms with Crippen LogP contribution in [0.25, 0.3) is 0 Å². The van der Waals surface area contributed by atoms with E-state index in [9.17, 15) is 5.11 Å². The molecule has 0 aromatic heterocycles. The molecule has 0 aromatic rings. The first-order valence-corrected chi connectivity index (χ1v) is 7.49. The maximum atomic E-state index is 10.4. The fourth-order valence-electron chi connectivity index (χ4n) is 2.50. The summed E-state index contributed by atoms with van der Waals surface area (Å²) in [6, 6.07) is 0.569. The first-order valence-electron chi connectivity index (χ1n) is 7.49. The molecule has 1 aliphatic rings. The molecule has 0 aliphatic carbocycles. The Kier molecular flexibility index (Phi) is 6.09. The molecule has 0 radical (unpaired) electrons. The second-order valence-electron chi connectivity index (χ2n) is 6.82. The first-order chi connectivity index (χ1) is 8.31. The van der Waals surface area contributed by atoms with E-state index >= 15 is 0 Å². The molecule has 1 fully saturated rings. The van der Waals surface area contributed by atoms with Crippen molar-refractivity contribution < 1.29 is 5.11 Å². The van der Waals surface area contributed by atoms with E-state index in [2.05, 4.69) is 37.9 Å². The summed E-state index contributed by atoms with van der Waals surface area (Å²) < 4.78 is 0. The Hall–Kier alpha value is -0.120. The van der Waals surface area contributed by atoms with Crippen molar-refractivity contribution in [1.29, 1.82) is 0 Å². The third-order valence-corrected chi connectivity index (χ3v) is 4.21. The fraction of sp³-hybridized carbons (Fsp3) is 1.00. The first kappa shape index (κ1) is 15.9. The number of β-amino-alcohol motifs (C(OH)–C–C–N with tert-alkyl or cyclic N) is 1. The summed E-state index contributed by atoms with van der Waals surface area (Å²) in [4.78, 5) is 2.44. The van der Waals surface area contributed by atoms with Crippen LogP contribution in [-0.2, 0) is 0 Å². The van der Waals surface area contributed by atoms with Crippen LogP contribution in [0.2, 0.25) is 0 Å². The molecule has 0 aromatic carbocycles. The van der Waals surface area contributed by atoms with Crippen molar-refractivity contribution in [2.45, 2.75) is 59.1 Å². The molecule has 1 rings (SSSR count). The lowest BCUT2D eigenvalue weighted by Crippen LogP contribution is -2.49. The zero-order valence-electron chi connectivity index (χ0n) is 12.9. The highest BCUT2D eigenvalue weighted by atomic mass is 16.3. The summed E-state index contributed by atoms with van der Waals surface area (Å²) in [6.07, 6.45) is 2.58. The lowest BCUT2D eigenvalue weighted by molar-refractivity contribution is -0.0276. The van der Waals surface area contributed by atoms with Crippen LogP contribution in [0.15, 0.2) is 0 Å². The fourth-order valence-corrected chi connectivity index (χ4v) is 2.50. The number of nitrogens with zero attached hydrogens (tertiary/aromatic N) is 1. The van der Waals surface area contributed by atoms with Gasteiger partial charge in [0.15, 0.2) is 0 Å². The summed E-state index contributed by atoms with van der Waals surface area (Å²) in [5.41, 5.74) is -0.562. The molecular formula is C15H32N2O. The van der Waals surface area contributed by atoms with Gasteiger partial charge in [0.05, 0.1) is 5.60 Å². The smallest absolute Gasteiger partial charge is 0.0768 e. The van der Waals surface area contributed by atoms with E-state index in [-0.39, 0.29) is 0 Å². The average molecular weight is 256 g/mol. The van der Waals surface area contributed by atoms with E-state index in [1.807, 2.05) is 6.92 Å². The Bertz CT molecular complexity index is 239. The van der Waals surface area contributed by atoms with Crippen molar-refractivity contribution >= 4 is 0 Å². The molecule has 1 aliphatic heterocycles. The number of likely N-dealkylation sites (tertiary alicyclic amines) is 1. The Balaban J connectivity index is 2.39. The molecular weight excluding hydrogens is 224 g/mol. The van der Waals surface area contributed by atoms with Crippen LogP contribution in [0, 0.1) is 11.8 Å². The van der Waals surface area contributed by atoms with E-state index in [0.29, 0.717) is 12.0 Å². The van der Waals surface area contributed by atoms with Gasteiger partial charge < -0.3 is 15.3 Å². The molecule has 3 nitrogen and oxygen atoms in total. The van der Waals surface area contributed by atoms with Gasteiger partial charge in [-0.25, -0.2) is 0 Å². The van der Waals surface area contributed by atoms with Crippen molar-refractivity contribution in [2.24, 2.45) is 11.8 Å². The molecule has 2 atom stereocenters. The van der Waals surface area contributed by atoms with E-state index in [4.69, 9.17) is 0 Å². The van der Waals surface area contributed by atoms with Gasteiger partial charge in [-0.05, 0) is 44.7 Å². The molecule has 2 unspecified atom stereocenters. The van der Waals surface area contributed by atoms with Crippen LogP contribution < -0.4 is 5.32 Å². The molecule has 0 amide bonds. The molecule has 18 heavy (non-hydrogen) atoms. The van der Waals surface area contributed by atoms with Gasteiger partial charge in [-0.1, -0.05) is 27.7 Å². The molecule has 0 spiro atoms. The van der Waals surface area contributed by atoms with Crippen molar-refractivity contribution in [3.63, 3.8) is 0 Å². The number of hydrogen-bond donors (Lipinski definition) is 2. The third-order valence-electron chi connectivity index (χ3n) is 4.21. The zero-order chi connectivity index (χ0) is 13.8. The Morgan fingerprint density at radius 3 is 2.56 bits per heavy atom. The van der Waals surface area contributed by atoms with Crippen molar-refractivity contribution in [1.82, 2.24) is 10.2 Å². The Labute approximate surface area is 113 Å².